The monoisotopic (exact) mass is 348 g/mol. The molecule has 0 unspecified atom stereocenters. The molecule has 0 spiro atoms. The fraction of sp³-hybridized carbons (Fsp3) is 1.00. The third kappa shape index (κ3) is 5.40. The zero-order valence-corrected chi connectivity index (χ0v) is 18.3. The van der Waals surface area contributed by atoms with Crippen LogP contribution in [0.2, 0.25) is 6.04 Å². The summed E-state index contributed by atoms with van der Waals surface area (Å²) in [5, 5.41) is 0. The summed E-state index contributed by atoms with van der Waals surface area (Å²) in [6, 6.07) is 1.19. The van der Waals surface area contributed by atoms with Gasteiger partial charge in [-0.3, -0.25) is 13.7 Å². The van der Waals surface area contributed by atoms with E-state index in [0.29, 0.717) is 0 Å². The van der Waals surface area contributed by atoms with Crippen molar-refractivity contribution < 1.29 is 4.12 Å². The summed E-state index contributed by atoms with van der Waals surface area (Å²) in [7, 11) is -2.74. The first kappa shape index (κ1) is 22.2. The standard InChI is InChI=1S/C15H40N4OSi2/c1-7-17(8-2)22(18(9-3)10-4,19(11-5)12-6)20-21-15-13-14-16/h7-16,21H2,1-6H3. The maximum absolute atomic E-state index is 6.86. The molecule has 0 fully saturated rings. The van der Waals surface area contributed by atoms with Gasteiger partial charge in [0.2, 0.25) is 0 Å². The van der Waals surface area contributed by atoms with Gasteiger partial charge in [-0.1, -0.05) is 41.5 Å². The summed E-state index contributed by atoms with van der Waals surface area (Å²) in [6.07, 6.45) is 1.10. The van der Waals surface area contributed by atoms with Gasteiger partial charge >= 0.3 is 8.80 Å². The van der Waals surface area contributed by atoms with E-state index < -0.39 is 18.6 Å². The Hall–Kier alpha value is 0.234. The fourth-order valence-electron chi connectivity index (χ4n) is 3.24. The van der Waals surface area contributed by atoms with Gasteiger partial charge in [-0.15, -0.1) is 0 Å². The summed E-state index contributed by atoms with van der Waals surface area (Å²) < 4.78 is 14.7. The van der Waals surface area contributed by atoms with Crippen LogP contribution in [0.5, 0.6) is 0 Å². The second-order valence-corrected chi connectivity index (χ2v) is 10.8. The van der Waals surface area contributed by atoms with Crippen LogP contribution in [0.15, 0.2) is 0 Å². The molecule has 0 bridgehead atoms. The largest absolute Gasteiger partial charge is 0.437 e. The van der Waals surface area contributed by atoms with Crippen molar-refractivity contribution in [2.75, 3.05) is 45.8 Å². The van der Waals surface area contributed by atoms with Crippen LogP contribution in [0, 0.1) is 0 Å². The summed E-state index contributed by atoms with van der Waals surface area (Å²) in [6.45, 7) is 20.7. The molecule has 0 aromatic heterocycles. The predicted octanol–water partition coefficient (Wildman–Crippen LogP) is 1.31. The van der Waals surface area contributed by atoms with E-state index in [1.807, 2.05) is 0 Å². The van der Waals surface area contributed by atoms with E-state index >= 15 is 0 Å². The Balaban J connectivity index is 5.56. The summed E-state index contributed by atoms with van der Waals surface area (Å²) in [5.74, 6) is 0. The molecule has 7 heteroatoms. The molecule has 0 atom stereocenters. The van der Waals surface area contributed by atoms with Crippen molar-refractivity contribution in [3.63, 3.8) is 0 Å². The molecule has 0 aromatic rings. The number of rotatable bonds is 14. The molecular formula is C15H40N4OSi2. The molecule has 0 aromatic carbocycles. The number of hydrogen-bond acceptors (Lipinski definition) is 5. The molecule has 2 N–H and O–H groups in total. The van der Waals surface area contributed by atoms with Gasteiger partial charge in [0, 0.05) is 0 Å². The zero-order chi connectivity index (χ0) is 17.0. The molecule has 0 rings (SSSR count). The number of nitrogens with zero attached hydrogens (tertiary/aromatic N) is 3. The van der Waals surface area contributed by atoms with Crippen molar-refractivity contribution >= 4 is 18.6 Å². The van der Waals surface area contributed by atoms with E-state index in [1.165, 1.54) is 6.04 Å². The normalized spacial score (nSPS) is 13.4. The van der Waals surface area contributed by atoms with E-state index in [9.17, 15) is 0 Å². The second-order valence-electron chi connectivity index (χ2n) is 5.43. The van der Waals surface area contributed by atoms with Gasteiger partial charge in [0.15, 0.2) is 9.76 Å². The van der Waals surface area contributed by atoms with Crippen LogP contribution in [0.25, 0.3) is 0 Å². The number of nitrogens with two attached hydrogens (primary N) is 1. The molecule has 0 aliphatic carbocycles. The molecule has 22 heavy (non-hydrogen) atoms. The van der Waals surface area contributed by atoms with E-state index in [4.69, 9.17) is 9.85 Å². The van der Waals surface area contributed by atoms with Crippen LogP contribution in [0.1, 0.15) is 48.0 Å². The van der Waals surface area contributed by atoms with Gasteiger partial charge in [-0.2, -0.15) is 0 Å². The molecule has 0 aliphatic heterocycles. The Bertz CT molecular complexity index is 229. The highest BCUT2D eigenvalue weighted by atomic mass is 28.4. The van der Waals surface area contributed by atoms with E-state index in [0.717, 1.165) is 52.2 Å². The summed E-state index contributed by atoms with van der Waals surface area (Å²) >= 11 is 0. The van der Waals surface area contributed by atoms with E-state index in [1.54, 1.807) is 0 Å². The van der Waals surface area contributed by atoms with Crippen LogP contribution in [0.4, 0.5) is 0 Å². The average Bonchev–Trinajstić information content (AvgIpc) is 2.54. The molecule has 5 nitrogen and oxygen atoms in total. The van der Waals surface area contributed by atoms with Crippen molar-refractivity contribution in [3.8, 4) is 0 Å². The predicted molar refractivity (Wildman–Crippen MR) is 103 cm³/mol. The third-order valence-electron chi connectivity index (χ3n) is 4.42. The Morgan fingerprint density at radius 3 is 1.41 bits per heavy atom. The van der Waals surface area contributed by atoms with E-state index in [2.05, 4.69) is 55.2 Å². The zero-order valence-electron chi connectivity index (χ0n) is 15.9. The minimum atomic E-state index is -2.21. The van der Waals surface area contributed by atoms with Gasteiger partial charge in [0.25, 0.3) is 0 Å². The summed E-state index contributed by atoms with van der Waals surface area (Å²) in [4.78, 5) is 0. The molecule has 0 heterocycles. The molecule has 0 saturated carbocycles. The van der Waals surface area contributed by atoms with Crippen molar-refractivity contribution in [2.45, 2.75) is 54.0 Å². The minimum Gasteiger partial charge on any atom is -0.427 e. The van der Waals surface area contributed by atoms with Crippen molar-refractivity contribution in [2.24, 2.45) is 5.73 Å². The van der Waals surface area contributed by atoms with Crippen LogP contribution >= 0.6 is 0 Å². The maximum atomic E-state index is 6.86. The number of hydrogen-bond donors (Lipinski definition) is 1. The third-order valence-corrected chi connectivity index (χ3v) is 11.9. The minimum absolute atomic E-state index is 0.531. The topological polar surface area (TPSA) is 45.0 Å². The Morgan fingerprint density at radius 2 is 1.14 bits per heavy atom. The SMILES string of the molecule is CCN(CC)[Si](O[SiH2]CCCN)(N(CC)CC)N(CC)CC. The van der Waals surface area contributed by atoms with Crippen LogP contribution < -0.4 is 5.73 Å². The molecular weight excluding hydrogens is 308 g/mol. The highest BCUT2D eigenvalue weighted by Gasteiger charge is 2.51. The fourth-order valence-corrected chi connectivity index (χ4v) is 11.3. The smallest absolute Gasteiger partial charge is 0.427 e. The van der Waals surface area contributed by atoms with Gasteiger partial charge in [0.05, 0.1) is 0 Å². The Labute approximate surface area is 142 Å². The lowest BCUT2D eigenvalue weighted by atomic mass is 10.5. The van der Waals surface area contributed by atoms with Crippen LogP contribution in [-0.4, -0.2) is 78.1 Å². The highest BCUT2D eigenvalue weighted by Crippen LogP contribution is 2.22. The van der Waals surface area contributed by atoms with Crippen molar-refractivity contribution in [1.82, 2.24) is 13.7 Å². The van der Waals surface area contributed by atoms with E-state index in [-0.39, 0.29) is 0 Å². The molecule has 0 aliphatic rings. The second kappa shape index (κ2) is 12.6. The van der Waals surface area contributed by atoms with Gasteiger partial charge in [0.1, 0.15) is 0 Å². The lowest BCUT2D eigenvalue weighted by molar-refractivity contribution is 0.184. The van der Waals surface area contributed by atoms with Crippen LogP contribution in [0.3, 0.4) is 0 Å². The highest BCUT2D eigenvalue weighted by molar-refractivity contribution is 6.70. The lowest BCUT2D eigenvalue weighted by Crippen LogP contribution is -2.77. The Morgan fingerprint density at radius 1 is 0.773 bits per heavy atom. The average molecular weight is 349 g/mol. The first-order chi connectivity index (χ1) is 10.6. The maximum Gasteiger partial charge on any atom is 0.437 e. The first-order valence-electron chi connectivity index (χ1n) is 9.21. The first-order valence-corrected chi connectivity index (χ1v) is 12.5. The van der Waals surface area contributed by atoms with Gasteiger partial charge < -0.3 is 9.85 Å². The quantitative estimate of drug-likeness (QED) is 0.379. The molecule has 0 amide bonds. The lowest BCUT2D eigenvalue weighted by Gasteiger charge is -2.51. The molecule has 0 radical (unpaired) electrons. The summed E-state index contributed by atoms with van der Waals surface area (Å²) in [5.41, 5.74) is 5.66. The van der Waals surface area contributed by atoms with Crippen LogP contribution in [-0.2, 0) is 4.12 Å². The Kier molecular flexibility index (Phi) is 12.8. The van der Waals surface area contributed by atoms with Crippen molar-refractivity contribution in [3.05, 3.63) is 0 Å². The van der Waals surface area contributed by atoms with Gasteiger partial charge in [-0.25, -0.2) is 0 Å². The molecule has 0 saturated heterocycles. The van der Waals surface area contributed by atoms with Crippen molar-refractivity contribution in [1.29, 1.82) is 0 Å². The van der Waals surface area contributed by atoms with Gasteiger partial charge in [-0.05, 0) is 58.3 Å². The molecule has 134 valence electrons.